The van der Waals surface area contributed by atoms with Crippen molar-refractivity contribution in [3.8, 4) is 17.4 Å². The molecule has 2 aromatic heterocycles. The standard InChI is InChI=1S/C19H17N3O3/c1-23-16-8-7-13(11-17(16)24-2)12-25-19-14-5-3-4-6-15(14)22-18(21-19)9-10-20-22/h3-11H,12H2,1-2H3. The fourth-order valence-corrected chi connectivity index (χ4v) is 2.80. The Kier molecular flexibility index (Phi) is 3.85. The molecule has 0 amide bonds. The first-order valence-electron chi connectivity index (χ1n) is 7.86. The molecule has 0 fully saturated rings. The van der Waals surface area contributed by atoms with Crippen LogP contribution in [-0.4, -0.2) is 28.8 Å². The summed E-state index contributed by atoms with van der Waals surface area (Å²) in [7, 11) is 3.23. The van der Waals surface area contributed by atoms with Gasteiger partial charge in [0.15, 0.2) is 17.1 Å². The van der Waals surface area contributed by atoms with Crippen molar-refractivity contribution in [1.82, 2.24) is 14.6 Å². The molecule has 0 saturated carbocycles. The van der Waals surface area contributed by atoms with Crippen LogP contribution in [0.25, 0.3) is 16.6 Å². The van der Waals surface area contributed by atoms with Crippen LogP contribution in [0.15, 0.2) is 54.7 Å². The van der Waals surface area contributed by atoms with Crippen LogP contribution in [0.4, 0.5) is 0 Å². The lowest BCUT2D eigenvalue weighted by Crippen LogP contribution is -2.02. The predicted molar refractivity (Wildman–Crippen MR) is 94.4 cm³/mol. The molecule has 25 heavy (non-hydrogen) atoms. The van der Waals surface area contributed by atoms with Crippen LogP contribution in [0, 0.1) is 0 Å². The highest BCUT2D eigenvalue weighted by Crippen LogP contribution is 2.29. The molecule has 0 spiro atoms. The van der Waals surface area contributed by atoms with Crippen LogP contribution >= 0.6 is 0 Å². The van der Waals surface area contributed by atoms with Gasteiger partial charge in [-0.15, -0.1) is 0 Å². The van der Waals surface area contributed by atoms with Gasteiger partial charge in [0.2, 0.25) is 5.88 Å². The molecule has 2 heterocycles. The molecule has 0 unspecified atom stereocenters. The van der Waals surface area contributed by atoms with Crippen LogP contribution in [0.1, 0.15) is 5.56 Å². The normalized spacial score (nSPS) is 11.0. The Morgan fingerprint density at radius 3 is 2.64 bits per heavy atom. The van der Waals surface area contributed by atoms with E-state index in [4.69, 9.17) is 14.2 Å². The quantitative estimate of drug-likeness (QED) is 0.559. The maximum absolute atomic E-state index is 6.01. The predicted octanol–water partition coefficient (Wildman–Crippen LogP) is 3.48. The topological polar surface area (TPSA) is 57.9 Å². The average Bonchev–Trinajstić information content (AvgIpc) is 3.14. The fourth-order valence-electron chi connectivity index (χ4n) is 2.80. The number of aromatic nitrogens is 3. The summed E-state index contributed by atoms with van der Waals surface area (Å²) in [6.45, 7) is 0.377. The first-order chi connectivity index (χ1) is 12.3. The van der Waals surface area contributed by atoms with E-state index in [1.165, 1.54) is 0 Å². The van der Waals surface area contributed by atoms with Gasteiger partial charge in [-0.3, -0.25) is 0 Å². The van der Waals surface area contributed by atoms with Crippen molar-refractivity contribution in [2.24, 2.45) is 0 Å². The number of methoxy groups -OCH3 is 2. The van der Waals surface area contributed by atoms with Gasteiger partial charge in [-0.25, -0.2) is 4.52 Å². The van der Waals surface area contributed by atoms with E-state index in [0.29, 0.717) is 24.0 Å². The zero-order chi connectivity index (χ0) is 17.2. The number of nitrogens with zero attached hydrogens (tertiary/aromatic N) is 3. The highest BCUT2D eigenvalue weighted by molar-refractivity contribution is 5.85. The number of rotatable bonds is 5. The van der Waals surface area contributed by atoms with E-state index in [0.717, 1.165) is 22.1 Å². The monoisotopic (exact) mass is 335 g/mol. The van der Waals surface area contributed by atoms with Gasteiger partial charge in [-0.05, 0) is 29.8 Å². The summed E-state index contributed by atoms with van der Waals surface area (Å²) in [4.78, 5) is 4.58. The smallest absolute Gasteiger partial charge is 0.225 e. The first-order valence-corrected chi connectivity index (χ1v) is 7.86. The molecule has 0 aliphatic rings. The molecule has 0 radical (unpaired) electrons. The van der Waals surface area contributed by atoms with Gasteiger partial charge >= 0.3 is 0 Å². The number of para-hydroxylation sites is 1. The SMILES string of the molecule is COc1ccc(COc2nc3ccnn3c3ccccc23)cc1OC. The van der Waals surface area contributed by atoms with Crippen LogP contribution in [-0.2, 0) is 6.61 Å². The molecule has 0 atom stereocenters. The lowest BCUT2D eigenvalue weighted by atomic mass is 10.2. The van der Waals surface area contributed by atoms with Crippen molar-refractivity contribution in [3.63, 3.8) is 0 Å². The summed E-state index contributed by atoms with van der Waals surface area (Å²) in [5.74, 6) is 1.95. The van der Waals surface area contributed by atoms with E-state index in [-0.39, 0.29) is 0 Å². The van der Waals surface area contributed by atoms with Crippen LogP contribution in [0.5, 0.6) is 17.4 Å². The molecular weight excluding hydrogens is 318 g/mol. The second kappa shape index (κ2) is 6.32. The van der Waals surface area contributed by atoms with E-state index in [1.54, 1.807) is 24.9 Å². The molecule has 0 aliphatic carbocycles. The Morgan fingerprint density at radius 1 is 0.960 bits per heavy atom. The summed E-state index contributed by atoms with van der Waals surface area (Å²) in [5, 5.41) is 5.23. The Labute approximate surface area is 144 Å². The highest BCUT2D eigenvalue weighted by atomic mass is 16.5. The van der Waals surface area contributed by atoms with Gasteiger partial charge in [-0.2, -0.15) is 10.1 Å². The van der Waals surface area contributed by atoms with Gasteiger partial charge in [-0.1, -0.05) is 18.2 Å². The Balaban J connectivity index is 1.68. The maximum atomic E-state index is 6.01. The van der Waals surface area contributed by atoms with E-state index in [9.17, 15) is 0 Å². The van der Waals surface area contributed by atoms with Crippen LogP contribution in [0.2, 0.25) is 0 Å². The Hall–Kier alpha value is -3.28. The van der Waals surface area contributed by atoms with Gasteiger partial charge in [0.25, 0.3) is 0 Å². The average molecular weight is 335 g/mol. The minimum Gasteiger partial charge on any atom is -0.493 e. The van der Waals surface area contributed by atoms with Crippen molar-refractivity contribution in [3.05, 3.63) is 60.3 Å². The van der Waals surface area contributed by atoms with E-state index < -0.39 is 0 Å². The molecular formula is C19H17N3O3. The third-order valence-electron chi connectivity index (χ3n) is 4.02. The minimum atomic E-state index is 0.377. The second-order valence-electron chi connectivity index (χ2n) is 5.51. The lowest BCUT2D eigenvalue weighted by molar-refractivity contribution is 0.296. The van der Waals surface area contributed by atoms with Gasteiger partial charge in [0.1, 0.15) is 6.61 Å². The van der Waals surface area contributed by atoms with Crippen LogP contribution in [0.3, 0.4) is 0 Å². The summed E-state index contributed by atoms with van der Waals surface area (Å²) < 4.78 is 18.4. The van der Waals surface area contributed by atoms with Crippen LogP contribution < -0.4 is 14.2 Å². The lowest BCUT2D eigenvalue weighted by Gasteiger charge is -2.12. The molecule has 0 bridgehead atoms. The van der Waals surface area contributed by atoms with E-state index >= 15 is 0 Å². The van der Waals surface area contributed by atoms with Gasteiger partial charge in [0.05, 0.1) is 31.3 Å². The zero-order valence-electron chi connectivity index (χ0n) is 14.0. The minimum absolute atomic E-state index is 0.377. The van der Waals surface area contributed by atoms with Crippen molar-refractivity contribution < 1.29 is 14.2 Å². The van der Waals surface area contributed by atoms with E-state index in [2.05, 4.69) is 10.1 Å². The Morgan fingerprint density at radius 2 is 1.80 bits per heavy atom. The molecule has 0 N–H and O–H groups in total. The molecule has 0 saturated heterocycles. The molecule has 6 heteroatoms. The zero-order valence-corrected chi connectivity index (χ0v) is 14.0. The van der Waals surface area contributed by atoms with Crippen molar-refractivity contribution in [1.29, 1.82) is 0 Å². The molecule has 6 nitrogen and oxygen atoms in total. The van der Waals surface area contributed by atoms with Crippen molar-refractivity contribution in [2.45, 2.75) is 6.61 Å². The number of fused-ring (bicyclic) bond motifs is 3. The summed E-state index contributed by atoms with van der Waals surface area (Å²) in [6.07, 6.45) is 1.73. The number of ether oxygens (including phenoxy) is 3. The van der Waals surface area contributed by atoms with Crippen molar-refractivity contribution >= 4 is 16.6 Å². The number of hydrogen-bond acceptors (Lipinski definition) is 5. The molecule has 0 aliphatic heterocycles. The second-order valence-corrected chi connectivity index (χ2v) is 5.51. The van der Waals surface area contributed by atoms with Gasteiger partial charge < -0.3 is 14.2 Å². The van der Waals surface area contributed by atoms with Crippen molar-refractivity contribution in [2.75, 3.05) is 14.2 Å². The molecule has 4 aromatic rings. The largest absolute Gasteiger partial charge is 0.493 e. The van der Waals surface area contributed by atoms with E-state index in [1.807, 2.05) is 48.5 Å². The molecule has 2 aromatic carbocycles. The maximum Gasteiger partial charge on any atom is 0.225 e. The Bertz CT molecular complexity index is 1040. The third kappa shape index (κ3) is 2.71. The third-order valence-corrected chi connectivity index (χ3v) is 4.02. The number of benzene rings is 2. The summed E-state index contributed by atoms with van der Waals surface area (Å²) in [5.41, 5.74) is 2.68. The van der Waals surface area contributed by atoms with Gasteiger partial charge in [0, 0.05) is 6.07 Å². The fraction of sp³-hybridized carbons (Fsp3) is 0.158. The number of hydrogen-bond donors (Lipinski definition) is 0. The first kappa shape index (κ1) is 15.3. The summed E-state index contributed by atoms with van der Waals surface area (Å²) >= 11 is 0. The molecule has 4 rings (SSSR count). The molecule has 126 valence electrons. The highest BCUT2D eigenvalue weighted by Gasteiger charge is 2.11. The summed E-state index contributed by atoms with van der Waals surface area (Å²) in [6, 6.07) is 15.5.